The van der Waals surface area contributed by atoms with Crippen LogP contribution in [0.25, 0.3) is 0 Å². The van der Waals surface area contributed by atoms with E-state index in [9.17, 15) is 0 Å². The van der Waals surface area contributed by atoms with Crippen LogP contribution >= 0.6 is 0 Å². The predicted molar refractivity (Wildman–Crippen MR) is 56.6 cm³/mol. The molecule has 0 aliphatic carbocycles. The molecule has 1 aromatic rings. The van der Waals surface area contributed by atoms with Gasteiger partial charge in [0.1, 0.15) is 5.82 Å². The van der Waals surface area contributed by atoms with E-state index >= 15 is 0 Å². The van der Waals surface area contributed by atoms with Crippen LogP contribution in [0.3, 0.4) is 0 Å². The van der Waals surface area contributed by atoms with E-state index < -0.39 is 0 Å². The first-order valence-corrected chi connectivity index (χ1v) is 4.78. The molecule has 0 bridgehead atoms. The van der Waals surface area contributed by atoms with Gasteiger partial charge in [-0.05, 0) is 23.5 Å². The van der Waals surface area contributed by atoms with Crippen molar-refractivity contribution in [2.45, 2.75) is 39.0 Å². The summed E-state index contributed by atoms with van der Waals surface area (Å²) in [6, 6.07) is 3.94. The van der Waals surface area contributed by atoms with Gasteiger partial charge in [0.25, 0.3) is 0 Å². The Hall–Kier alpha value is -1.05. The van der Waals surface area contributed by atoms with Gasteiger partial charge in [-0.3, -0.25) is 0 Å². The third kappa shape index (κ3) is 2.44. The molecular formula is C11H18N2. The van der Waals surface area contributed by atoms with Crippen LogP contribution in [-0.2, 0) is 5.41 Å². The summed E-state index contributed by atoms with van der Waals surface area (Å²) in [4.78, 5) is 4.11. The molecule has 0 saturated carbocycles. The molecule has 2 heteroatoms. The summed E-state index contributed by atoms with van der Waals surface area (Å²) in [6.07, 6.45) is 4.25. The van der Waals surface area contributed by atoms with Crippen molar-refractivity contribution in [3.05, 3.63) is 23.9 Å². The predicted octanol–water partition coefficient (Wildman–Crippen LogP) is 2.74. The molecule has 0 saturated heterocycles. The molecule has 0 spiro atoms. The molecule has 0 aliphatic heterocycles. The number of aromatic nitrogens is 1. The van der Waals surface area contributed by atoms with Crippen LogP contribution in [-0.4, -0.2) is 4.98 Å². The molecule has 1 aromatic heterocycles. The molecule has 13 heavy (non-hydrogen) atoms. The number of rotatable bonds is 3. The maximum absolute atomic E-state index is 5.53. The Kier molecular flexibility index (Phi) is 2.91. The van der Waals surface area contributed by atoms with Gasteiger partial charge in [0, 0.05) is 6.20 Å². The molecule has 0 atom stereocenters. The minimum Gasteiger partial charge on any atom is -0.384 e. The zero-order valence-electron chi connectivity index (χ0n) is 8.67. The van der Waals surface area contributed by atoms with Gasteiger partial charge < -0.3 is 5.73 Å². The van der Waals surface area contributed by atoms with Crippen molar-refractivity contribution in [3.8, 4) is 0 Å². The molecule has 0 amide bonds. The van der Waals surface area contributed by atoms with Crippen molar-refractivity contribution in [1.82, 2.24) is 4.98 Å². The Labute approximate surface area is 80.2 Å². The van der Waals surface area contributed by atoms with Gasteiger partial charge in [0.05, 0.1) is 0 Å². The molecule has 0 fully saturated rings. The molecule has 1 heterocycles. The second kappa shape index (κ2) is 3.77. The highest BCUT2D eigenvalue weighted by Gasteiger charge is 2.19. The summed E-state index contributed by atoms with van der Waals surface area (Å²) < 4.78 is 0. The van der Waals surface area contributed by atoms with E-state index in [0.717, 1.165) is 0 Å². The number of nitrogens with two attached hydrogens (primary N) is 1. The molecular weight excluding hydrogens is 160 g/mol. The quantitative estimate of drug-likeness (QED) is 0.773. The Bertz CT molecular complexity index is 262. The number of anilines is 1. The lowest BCUT2D eigenvalue weighted by Crippen LogP contribution is -2.16. The third-order valence-electron chi connectivity index (χ3n) is 2.44. The fourth-order valence-electron chi connectivity index (χ4n) is 1.57. The van der Waals surface area contributed by atoms with Crippen molar-refractivity contribution >= 4 is 5.82 Å². The lowest BCUT2D eigenvalue weighted by Gasteiger charge is -2.24. The van der Waals surface area contributed by atoms with Gasteiger partial charge in [0.2, 0.25) is 0 Å². The second-order valence-corrected chi connectivity index (χ2v) is 4.11. The summed E-state index contributed by atoms with van der Waals surface area (Å²) in [5.41, 5.74) is 7.02. The van der Waals surface area contributed by atoms with Gasteiger partial charge in [-0.25, -0.2) is 4.98 Å². The summed E-state index contributed by atoms with van der Waals surface area (Å²) in [5, 5.41) is 0. The molecule has 2 nitrogen and oxygen atoms in total. The van der Waals surface area contributed by atoms with Gasteiger partial charge in [-0.15, -0.1) is 0 Å². The topological polar surface area (TPSA) is 38.9 Å². The average Bonchev–Trinajstić information content (AvgIpc) is 2.05. The van der Waals surface area contributed by atoms with Crippen molar-refractivity contribution in [2.24, 2.45) is 0 Å². The first-order chi connectivity index (χ1) is 6.06. The Morgan fingerprint density at radius 3 is 2.54 bits per heavy atom. The van der Waals surface area contributed by atoms with Gasteiger partial charge >= 0.3 is 0 Å². The third-order valence-corrected chi connectivity index (χ3v) is 2.44. The number of nitrogens with zero attached hydrogens (tertiary/aromatic N) is 1. The maximum atomic E-state index is 5.53. The number of nitrogen functional groups attached to an aromatic ring is 1. The second-order valence-electron chi connectivity index (χ2n) is 4.11. The molecule has 0 aliphatic rings. The van der Waals surface area contributed by atoms with Crippen LogP contribution in [0.4, 0.5) is 5.82 Å². The van der Waals surface area contributed by atoms with E-state index in [1.807, 2.05) is 12.3 Å². The van der Waals surface area contributed by atoms with E-state index in [-0.39, 0.29) is 5.41 Å². The average molecular weight is 178 g/mol. The summed E-state index contributed by atoms with van der Waals surface area (Å²) in [7, 11) is 0. The van der Waals surface area contributed by atoms with E-state index in [1.165, 1.54) is 18.4 Å². The normalized spacial score (nSPS) is 11.6. The van der Waals surface area contributed by atoms with Crippen LogP contribution in [0, 0.1) is 0 Å². The van der Waals surface area contributed by atoms with Gasteiger partial charge in [-0.2, -0.15) is 0 Å². The van der Waals surface area contributed by atoms with E-state index in [2.05, 4.69) is 31.8 Å². The molecule has 2 N–H and O–H groups in total. The van der Waals surface area contributed by atoms with E-state index in [1.54, 1.807) is 0 Å². The highest BCUT2D eigenvalue weighted by atomic mass is 14.8. The fraction of sp³-hybridized carbons (Fsp3) is 0.545. The summed E-state index contributed by atoms with van der Waals surface area (Å²) >= 11 is 0. The highest BCUT2D eigenvalue weighted by Crippen LogP contribution is 2.27. The summed E-state index contributed by atoms with van der Waals surface area (Å²) in [6.45, 7) is 6.68. The standard InChI is InChI=1S/C11H18N2/c1-4-7-11(2,3)9-5-6-10(12)13-8-9/h5-6,8H,4,7H2,1-3H3,(H2,12,13). The van der Waals surface area contributed by atoms with Crippen LogP contribution in [0.2, 0.25) is 0 Å². The molecule has 1 rings (SSSR count). The number of hydrogen-bond donors (Lipinski definition) is 1. The van der Waals surface area contributed by atoms with Crippen LogP contribution in [0.15, 0.2) is 18.3 Å². The van der Waals surface area contributed by atoms with Crippen LogP contribution in [0.1, 0.15) is 39.2 Å². The largest absolute Gasteiger partial charge is 0.384 e. The first-order valence-electron chi connectivity index (χ1n) is 4.78. The lowest BCUT2D eigenvalue weighted by molar-refractivity contribution is 0.472. The zero-order valence-corrected chi connectivity index (χ0v) is 8.67. The minimum absolute atomic E-state index is 0.218. The molecule has 0 unspecified atom stereocenters. The minimum atomic E-state index is 0.218. The molecule has 72 valence electrons. The smallest absolute Gasteiger partial charge is 0.123 e. The first kappa shape index (κ1) is 10.0. The van der Waals surface area contributed by atoms with Crippen molar-refractivity contribution in [2.75, 3.05) is 5.73 Å². The van der Waals surface area contributed by atoms with Crippen molar-refractivity contribution < 1.29 is 0 Å². The van der Waals surface area contributed by atoms with Crippen LogP contribution in [0.5, 0.6) is 0 Å². The Morgan fingerprint density at radius 1 is 1.38 bits per heavy atom. The zero-order chi connectivity index (χ0) is 9.90. The summed E-state index contributed by atoms with van der Waals surface area (Å²) in [5.74, 6) is 0.594. The lowest BCUT2D eigenvalue weighted by atomic mass is 9.82. The molecule has 0 radical (unpaired) electrons. The SMILES string of the molecule is CCCC(C)(C)c1ccc(N)nc1. The number of pyridine rings is 1. The van der Waals surface area contributed by atoms with Gasteiger partial charge in [-0.1, -0.05) is 33.3 Å². The Morgan fingerprint density at radius 2 is 2.08 bits per heavy atom. The van der Waals surface area contributed by atoms with Crippen molar-refractivity contribution in [1.29, 1.82) is 0 Å². The fourth-order valence-corrected chi connectivity index (χ4v) is 1.57. The highest BCUT2D eigenvalue weighted by molar-refractivity contribution is 5.32. The number of hydrogen-bond acceptors (Lipinski definition) is 2. The van der Waals surface area contributed by atoms with Crippen molar-refractivity contribution in [3.63, 3.8) is 0 Å². The maximum Gasteiger partial charge on any atom is 0.123 e. The van der Waals surface area contributed by atoms with Crippen LogP contribution < -0.4 is 5.73 Å². The van der Waals surface area contributed by atoms with Gasteiger partial charge in [0.15, 0.2) is 0 Å². The van der Waals surface area contributed by atoms with E-state index in [0.29, 0.717) is 5.82 Å². The molecule has 0 aromatic carbocycles. The monoisotopic (exact) mass is 178 g/mol. The Balaban J connectivity index is 2.87. The van der Waals surface area contributed by atoms with E-state index in [4.69, 9.17) is 5.73 Å².